The number of hydrogen-bond donors (Lipinski definition) is 1. The van der Waals surface area contributed by atoms with Crippen molar-refractivity contribution < 1.29 is 14.3 Å². The molecule has 0 radical (unpaired) electrons. The van der Waals surface area contributed by atoms with E-state index in [0.717, 1.165) is 35.5 Å². The standard InChI is InChI=1S/C26H28N6O3/c1-17-8-9-20(16-32(17)18(2)33)25-29-23(19-5-4-10-27-15-19)14-24(30-25)28-21-6-3-7-22(13-21)31-11-12-35-26(31)34/h3-7,10,13-15,17,20H,8-9,11-12,16H2,1-2H3,(H,28,29,30)/t17-,20+/m0/s1. The van der Waals surface area contributed by atoms with Gasteiger partial charge in [-0.2, -0.15) is 0 Å². The lowest BCUT2D eigenvalue weighted by Crippen LogP contribution is -2.44. The zero-order chi connectivity index (χ0) is 24.4. The van der Waals surface area contributed by atoms with Crippen LogP contribution in [0.5, 0.6) is 0 Å². The highest BCUT2D eigenvalue weighted by Gasteiger charge is 2.30. The van der Waals surface area contributed by atoms with E-state index in [9.17, 15) is 9.59 Å². The van der Waals surface area contributed by atoms with Gasteiger partial charge in [-0.1, -0.05) is 6.07 Å². The fraction of sp³-hybridized carbons (Fsp3) is 0.346. The van der Waals surface area contributed by atoms with Crippen LogP contribution in [0.15, 0.2) is 54.9 Å². The van der Waals surface area contributed by atoms with Gasteiger partial charge in [-0.3, -0.25) is 14.7 Å². The molecule has 0 bridgehead atoms. The molecule has 0 spiro atoms. The van der Waals surface area contributed by atoms with E-state index in [0.29, 0.717) is 31.3 Å². The third-order valence-electron chi connectivity index (χ3n) is 6.54. The minimum absolute atomic E-state index is 0.0398. The van der Waals surface area contributed by atoms with Crippen LogP contribution in [0.3, 0.4) is 0 Å². The molecular weight excluding hydrogens is 444 g/mol. The first-order valence-electron chi connectivity index (χ1n) is 11.9. The van der Waals surface area contributed by atoms with Gasteiger partial charge in [-0.05, 0) is 50.1 Å². The highest BCUT2D eigenvalue weighted by Crippen LogP contribution is 2.32. The van der Waals surface area contributed by atoms with E-state index in [1.807, 2.05) is 47.4 Å². The maximum absolute atomic E-state index is 12.2. The SMILES string of the molecule is CC(=O)N1C[C@H](c2nc(Nc3cccc(N4CCOC4=O)c3)cc(-c3cccnc3)n2)CC[C@@H]1C. The van der Waals surface area contributed by atoms with Gasteiger partial charge in [-0.15, -0.1) is 0 Å². The lowest BCUT2D eigenvalue weighted by atomic mass is 9.92. The molecule has 0 saturated carbocycles. The summed E-state index contributed by atoms with van der Waals surface area (Å²) in [6.45, 7) is 5.21. The average Bonchev–Trinajstić information content (AvgIpc) is 3.30. The summed E-state index contributed by atoms with van der Waals surface area (Å²) in [5.74, 6) is 1.45. The van der Waals surface area contributed by atoms with E-state index < -0.39 is 0 Å². The van der Waals surface area contributed by atoms with E-state index in [1.54, 1.807) is 24.2 Å². The van der Waals surface area contributed by atoms with Crippen molar-refractivity contribution in [2.75, 3.05) is 29.9 Å². The molecule has 35 heavy (non-hydrogen) atoms. The number of carbonyl (C=O) groups excluding carboxylic acids is 2. The number of ether oxygens (including phenoxy) is 1. The molecule has 9 nitrogen and oxygen atoms in total. The number of amides is 2. The molecule has 2 aliphatic heterocycles. The summed E-state index contributed by atoms with van der Waals surface area (Å²) in [5.41, 5.74) is 3.21. The van der Waals surface area contributed by atoms with Gasteiger partial charge in [0, 0.05) is 60.8 Å². The summed E-state index contributed by atoms with van der Waals surface area (Å²) in [4.78, 5) is 41.7. The van der Waals surface area contributed by atoms with Crippen molar-refractivity contribution in [2.24, 2.45) is 0 Å². The zero-order valence-electron chi connectivity index (χ0n) is 19.8. The van der Waals surface area contributed by atoms with Gasteiger partial charge < -0.3 is 15.0 Å². The predicted molar refractivity (Wildman–Crippen MR) is 133 cm³/mol. The number of aromatic nitrogens is 3. The highest BCUT2D eigenvalue weighted by atomic mass is 16.6. The molecule has 2 amide bonds. The van der Waals surface area contributed by atoms with Gasteiger partial charge in [0.25, 0.3) is 0 Å². The molecule has 0 unspecified atom stereocenters. The van der Waals surface area contributed by atoms with Crippen LogP contribution in [0.2, 0.25) is 0 Å². The van der Waals surface area contributed by atoms with E-state index in [1.165, 1.54) is 0 Å². The van der Waals surface area contributed by atoms with E-state index in [4.69, 9.17) is 14.7 Å². The van der Waals surface area contributed by atoms with E-state index >= 15 is 0 Å². The second-order valence-electron chi connectivity index (χ2n) is 8.97. The number of piperidine rings is 1. The molecule has 2 saturated heterocycles. The summed E-state index contributed by atoms with van der Waals surface area (Å²) in [6.07, 6.45) is 4.98. The number of cyclic esters (lactones) is 1. The molecule has 2 fully saturated rings. The van der Waals surface area contributed by atoms with Crippen LogP contribution in [0, 0.1) is 0 Å². The first kappa shape index (κ1) is 22.8. The molecule has 2 aromatic heterocycles. The molecule has 1 N–H and O–H groups in total. The lowest BCUT2D eigenvalue weighted by Gasteiger charge is -2.37. The molecule has 9 heteroatoms. The van der Waals surface area contributed by atoms with Crippen LogP contribution < -0.4 is 10.2 Å². The fourth-order valence-electron chi connectivity index (χ4n) is 4.66. The maximum Gasteiger partial charge on any atom is 0.414 e. The Balaban J connectivity index is 1.48. The first-order chi connectivity index (χ1) is 17.0. The number of hydrogen-bond acceptors (Lipinski definition) is 7. The number of anilines is 3. The van der Waals surface area contributed by atoms with Crippen LogP contribution >= 0.6 is 0 Å². The number of nitrogens with one attached hydrogen (secondary N) is 1. The average molecular weight is 473 g/mol. The van der Waals surface area contributed by atoms with Gasteiger partial charge in [0.05, 0.1) is 12.2 Å². The van der Waals surface area contributed by atoms with Crippen molar-refractivity contribution in [3.8, 4) is 11.3 Å². The van der Waals surface area contributed by atoms with Gasteiger partial charge in [0.15, 0.2) is 0 Å². The van der Waals surface area contributed by atoms with E-state index in [-0.39, 0.29) is 24.0 Å². The van der Waals surface area contributed by atoms with Crippen molar-refractivity contribution in [3.05, 3.63) is 60.7 Å². The van der Waals surface area contributed by atoms with Crippen LogP contribution in [0.25, 0.3) is 11.3 Å². The number of benzene rings is 1. The zero-order valence-corrected chi connectivity index (χ0v) is 19.8. The topological polar surface area (TPSA) is 101 Å². The number of pyridine rings is 1. The Bertz CT molecular complexity index is 1230. The fourth-order valence-corrected chi connectivity index (χ4v) is 4.66. The monoisotopic (exact) mass is 472 g/mol. The molecule has 3 aromatic rings. The molecule has 1 aromatic carbocycles. The largest absolute Gasteiger partial charge is 0.447 e. The van der Waals surface area contributed by atoms with Crippen molar-refractivity contribution in [1.82, 2.24) is 19.9 Å². The quantitative estimate of drug-likeness (QED) is 0.589. The van der Waals surface area contributed by atoms with E-state index in [2.05, 4.69) is 17.2 Å². The highest BCUT2D eigenvalue weighted by molar-refractivity contribution is 5.90. The van der Waals surface area contributed by atoms with Crippen LogP contribution in [0.1, 0.15) is 38.4 Å². The molecule has 180 valence electrons. The van der Waals surface area contributed by atoms with Crippen molar-refractivity contribution in [2.45, 2.75) is 38.6 Å². The summed E-state index contributed by atoms with van der Waals surface area (Å²) in [5, 5.41) is 3.38. The van der Waals surface area contributed by atoms with Crippen LogP contribution in [-0.2, 0) is 9.53 Å². The summed E-state index contributed by atoms with van der Waals surface area (Å²) < 4.78 is 5.07. The summed E-state index contributed by atoms with van der Waals surface area (Å²) >= 11 is 0. The second-order valence-corrected chi connectivity index (χ2v) is 8.97. The van der Waals surface area contributed by atoms with Crippen molar-refractivity contribution in [3.63, 3.8) is 0 Å². The maximum atomic E-state index is 12.2. The third-order valence-corrected chi connectivity index (χ3v) is 6.54. The van der Waals surface area contributed by atoms with Gasteiger partial charge in [-0.25, -0.2) is 14.8 Å². The first-order valence-corrected chi connectivity index (χ1v) is 11.9. The second kappa shape index (κ2) is 9.69. The Labute approximate surface area is 204 Å². The van der Waals surface area contributed by atoms with Gasteiger partial charge >= 0.3 is 6.09 Å². The Morgan fingerprint density at radius 3 is 2.77 bits per heavy atom. The van der Waals surface area contributed by atoms with Gasteiger partial charge in [0.2, 0.25) is 5.91 Å². The van der Waals surface area contributed by atoms with Crippen LogP contribution in [0.4, 0.5) is 22.0 Å². The third kappa shape index (κ3) is 4.94. The van der Waals surface area contributed by atoms with Crippen LogP contribution in [-0.4, -0.2) is 57.6 Å². The Kier molecular flexibility index (Phi) is 6.31. The summed E-state index contributed by atoms with van der Waals surface area (Å²) in [7, 11) is 0. The van der Waals surface area contributed by atoms with Gasteiger partial charge in [0.1, 0.15) is 18.2 Å². The Morgan fingerprint density at radius 1 is 1.14 bits per heavy atom. The number of nitrogens with zero attached hydrogens (tertiary/aromatic N) is 5. The number of carbonyl (C=O) groups is 2. The minimum atomic E-state index is -0.341. The Hall–Kier alpha value is -4.01. The molecule has 2 aliphatic rings. The predicted octanol–water partition coefficient (Wildman–Crippen LogP) is 4.35. The Morgan fingerprint density at radius 2 is 2.03 bits per heavy atom. The molecular formula is C26H28N6O3. The minimum Gasteiger partial charge on any atom is -0.447 e. The number of likely N-dealkylation sites (tertiary alicyclic amines) is 1. The molecule has 0 aliphatic carbocycles. The summed E-state index contributed by atoms with van der Waals surface area (Å²) in [6, 6.07) is 13.5. The molecule has 4 heterocycles. The molecule has 5 rings (SSSR count). The number of rotatable bonds is 5. The van der Waals surface area contributed by atoms with Crippen molar-refractivity contribution in [1.29, 1.82) is 0 Å². The smallest absolute Gasteiger partial charge is 0.414 e. The molecule has 2 atom stereocenters. The lowest BCUT2D eigenvalue weighted by molar-refractivity contribution is -0.132. The normalized spacial score (nSPS) is 20.0. The van der Waals surface area contributed by atoms with Crippen molar-refractivity contribution >= 4 is 29.2 Å².